The molecule has 7 nitrogen and oxygen atoms in total. The smallest absolute Gasteiger partial charge is 0.348 e. The fraction of sp³-hybridized carbons (Fsp3) is 0.176. The molecule has 0 bridgehead atoms. The Balaban J connectivity index is 2.40. The van der Waals surface area contributed by atoms with E-state index < -0.39 is 17.8 Å². The summed E-state index contributed by atoms with van der Waals surface area (Å²) in [4.78, 5) is 36.4. The van der Waals surface area contributed by atoms with Crippen LogP contribution in [0.2, 0.25) is 0 Å². The molecule has 8 heteroatoms. The number of hydrogen-bond acceptors (Lipinski definition) is 7. The molecule has 0 radical (unpaired) electrons. The third-order valence-electron chi connectivity index (χ3n) is 3.41. The van der Waals surface area contributed by atoms with Crippen molar-refractivity contribution in [3.05, 3.63) is 51.4 Å². The van der Waals surface area contributed by atoms with Crippen molar-refractivity contribution in [2.75, 3.05) is 19.5 Å². The summed E-state index contributed by atoms with van der Waals surface area (Å²) in [6, 6.07) is 7.97. The molecule has 1 aromatic carbocycles. The fourth-order valence-electron chi connectivity index (χ4n) is 2.11. The zero-order chi connectivity index (χ0) is 18.6. The minimum absolute atomic E-state index is 0.106. The number of nitrogens with one attached hydrogen (secondary N) is 1. The number of nitrogens with zero attached hydrogens (tertiary/aromatic N) is 1. The quantitative estimate of drug-likeness (QED) is 0.843. The monoisotopic (exact) mass is 358 g/mol. The first-order chi connectivity index (χ1) is 11.9. The summed E-state index contributed by atoms with van der Waals surface area (Å²) in [5.74, 6) is -1.75. The summed E-state index contributed by atoms with van der Waals surface area (Å²) in [5, 5.41) is 11.6. The first-order valence-corrected chi connectivity index (χ1v) is 7.86. The number of amides is 1. The van der Waals surface area contributed by atoms with E-state index in [9.17, 15) is 14.4 Å². The van der Waals surface area contributed by atoms with E-state index >= 15 is 0 Å². The van der Waals surface area contributed by atoms with Crippen LogP contribution < -0.4 is 5.32 Å². The molecule has 0 aliphatic carbocycles. The van der Waals surface area contributed by atoms with Gasteiger partial charge in [0, 0.05) is 5.56 Å². The Labute approximate surface area is 147 Å². The SMILES string of the molecule is COC(=O)c1sc(NC(=O)c2ccc(C#N)cc2)c(C(=O)OC)c1C. The maximum absolute atomic E-state index is 12.4. The second kappa shape index (κ2) is 7.59. The number of nitriles is 1. The summed E-state index contributed by atoms with van der Waals surface area (Å²) in [6.07, 6.45) is 0. The molecular formula is C17H14N2O5S. The zero-order valence-corrected chi connectivity index (χ0v) is 14.5. The maximum Gasteiger partial charge on any atom is 0.348 e. The molecule has 0 unspecified atom stereocenters. The lowest BCUT2D eigenvalue weighted by Gasteiger charge is -2.06. The fourth-order valence-corrected chi connectivity index (χ4v) is 3.22. The van der Waals surface area contributed by atoms with Crippen LogP contribution in [0.4, 0.5) is 5.00 Å². The predicted molar refractivity (Wildman–Crippen MR) is 90.8 cm³/mol. The van der Waals surface area contributed by atoms with Gasteiger partial charge in [-0.05, 0) is 36.8 Å². The number of ether oxygens (including phenoxy) is 2. The third-order valence-corrected chi connectivity index (χ3v) is 4.60. The molecule has 1 N–H and O–H groups in total. The highest BCUT2D eigenvalue weighted by Crippen LogP contribution is 2.34. The van der Waals surface area contributed by atoms with Gasteiger partial charge in [-0.3, -0.25) is 4.79 Å². The summed E-state index contributed by atoms with van der Waals surface area (Å²) in [7, 11) is 2.44. The van der Waals surface area contributed by atoms with E-state index in [2.05, 4.69) is 10.1 Å². The molecule has 0 saturated heterocycles. The van der Waals surface area contributed by atoms with E-state index in [-0.39, 0.29) is 15.4 Å². The molecule has 25 heavy (non-hydrogen) atoms. The molecule has 128 valence electrons. The van der Waals surface area contributed by atoms with Crippen LogP contribution in [0.5, 0.6) is 0 Å². The van der Waals surface area contributed by atoms with Crippen molar-refractivity contribution >= 4 is 34.2 Å². The number of benzene rings is 1. The molecule has 2 aromatic rings. The predicted octanol–water partition coefficient (Wildman–Crippen LogP) is 2.75. The zero-order valence-electron chi connectivity index (χ0n) is 13.7. The first kappa shape index (κ1) is 18.2. The highest BCUT2D eigenvalue weighted by molar-refractivity contribution is 7.18. The standard InChI is InChI=1S/C17H14N2O5S/c1-9-12(16(21)23-2)15(25-13(9)17(22)24-3)19-14(20)11-6-4-10(8-18)5-7-11/h4-7H,1-3H3,(H,19,20). The number of thiophene rings is 1. The second-order valence-corrected chi connectivity index (χ2v) is 5.91. The number of methoxy groups -OCH3 is 2. The van der Waals surface area contributed by atoms with Crippen molar-refractivity contribution in [2.24, 2.45) is 0 Å². The van der Waals surface area contributed by atoms with Gasteiger partial charge in [0.15, 0.2) is 0 Å². The lowest BCUT2D eigenvalue weighted by molar-refractivity contribution is 0.0601. The molecule has 0 spiro atoms. The largest absolute Gasteiger partial charge is 0.465 e. The lowest BCUT2D eigenvalue weighted by atomic mass is 10.1. The molecule has 1 amide bonds. The third kappa shape index (κ3) is 3.67. The molecule has 0 saturated carbocycles. The number of anilines is 1. The van der Waals surface area contributed by atoms with Crippen LogP contribution in [0.1, 0.15) is 41.5 Å². The Bertz CT molecular complexity index is 878. The van der Waals surface area contributed by atoms with Gasteiger partial charge in [0.1, 0.15) is 9.88 Å². The number of rotatable bonds is 4. The summed E-state index contributed by atoms with van der Waals surface area (Å²) in [6.45, 7) is 1.58. The molecule has 0 fully saturated rings. The van der Waals surface area contributed by atoms with Crippen LogP contribution in [0.25, 0.3) is 0 Å². The van der Waals surface area contributed by atoms with Gasteiger partial charge in [-0.15, -0.1) is 11.3 Å². The summed E-state index contributed by atoms with van der Waals surface area (Å²) in [5.41, 5.74) is 1.21. The van der Waals surface area contributed by atoms with Crippen LogP contribution in [0.3, 0.4) is 0 Å². The minimum Gasteiger partial charge on any atom is -0.465 e. The number of esters is 2. The van der Waals surface area contributed by atoms with Gasteiger partial charge in [0.2, 0.25) is 0 Å². The van der Waals surface area contributed by atoms with Crippen molar-refractivity contribution < 1.29 is 23.9 Å². The van der Waals surface area contributed by atoms with Crippen LogP contribution in [-0.4, -0.2) is 32.1 Å². The number of carbonyl (C=O) groups excluding carboxylic acids is 3. The number of carbonyl (C=O) groups is 3. The van der Waals surface area contributed by atoms with E-state index in [0.717, 1.165) is 11.3 Å². The Kier molecular flexibility index (Phi) is 5.52. The van der Waals surface area contributed by atoms with Crippen LogP contribution in [0, 0.1) is 18.3 Å². The van der Waals surface area contributed by atoms with E-state index in [4.69, 9.17) is 10.00 Å². The van der Waals surface area contributed by atoms with Crippen molar-refractivity contribution in [2.45, 2.75) is 6.92 Å². The molecular weight excluding hydrogens is 344 g/mol. The molecule has 0 atom stereocenters. The minimum atomic E-state index is -0.668. The molecule has 0 aliphatic rings. The topological polar surface area (TPSA) is 105 Å². The van der Waals surface area contributed by atoms with Crippen LogP contribution in [-0.2, 0) is 9.47 Å². The van der Waals surface area contributed by atoms with E-state index in [1.165, 1.54) is 38.5 Å². The van der Waals surface area contributed by atoms with Crippen molar-refractivity contribution in [3.63, 3.8) is 0 Å². The average Bonchev–Trinajstić information content (AvgIpc) is 2.96. The molecule has 1 heterocycles. The van der Waals surface area contributed by atoms with E-state index in [1.807, 2.05) is 6.07 Å². The van der Waals surface area contributed by atoms with E-state index in [0.29, 0.717) is 16.7 Å². The molecule has 0 aliphatic heterocycles. The summed E-state index contributed by atoms with van der Waals surface area (Å²) < 4.78 is 9.42. The normalized spacial score (nSPS) is 9.84. The molecule has 1 aromatic heterocycles. The Morgan fingerprint density at radius 1 is 1.08 bits per heavy atom. The highest BCUT2D eigenvalue weighted by Gasteiger charge is 2.26. The van der Waals surface area contributed by atoms with Gasteiger partial charge >= 0.3 is 11.9 Å². The first-order valence-electron chi connectivity index (χ1n) is 7.04. The highest BCUT2D eigenvalue weighted by atomic mass is 32.1. The molecule has 2 rings (SSSR count). The Morgan fingerprint density at radius 2 is 1.68 bits per heavy atom. The van der Waals surface area contributed by atoms with E-state index in [1.54, 1.807) is 6.92 Å². The number of hydrogen-bond donors (Lipinski definition) is 1. The second-order valence-electron chi connectivity index (χ2n) is 4.89. The van der Waals surface area contributed by atoms with Gasteiger partial charge in [-0.25, -0.2) is 9.59 Å². The van der Waals surface area contributed by atoms with Gasteiger partial charge in [-0.2, -0.15) is 5.26 Å². The summed E-state index contributed by atoms with van der Waals surface area (Å²) >= 11 is 0.933. The van der Waals surface area contributed by atoms with Crippen molar-refractivity contribution in [3.8, 4) is 6.07 Å². The van der Waals surface area contributed by atoms with Crippen LogP contribution >= 0.6 is 11.3 Å². The van der Waals surface area contributed by atoms with Gasteiger partial charge < -0.3 is 14.8 Å². The van der Waals surface area contributed by atoms with Gasteiger partial charge in [0.25, 0.3) is 5.91 Å². The van der Waals surface area contributed by atoms with Crippen molar-refractivity contribution in [1.82, 2.24) is 0 Å². The van der Waals surface area contributed by atoms with Crippen molar-refractivity contribution in [1.29, 1.82) is 5.26 Å². The lowest BCUT2D eigenvalue weighted by Crippen LogP contribution is -2.14. The van der Waals surface area contributed by atoms with Crippen LogP contribution in [0.15, 0.2) is 24.3 Å². The van der Waals surface area contributed by atoms with Gasteiger partial charge in [0.05, 0.1) is 31.4 Å². The van der Waals surface area contributed by atoms with Gasteiger partial charge in [-0.1, -0.05) is 0 Å². The maximum atomic E-state index is 12.4. The Hall–Kier alpha value is -3.18. The average molecular weight is 358 g/mol. The Morgan fingerprint density at radius 3 is 2.20 bits per heavy atom.